The molecule has 5 nitrogen and oxygen atoms in total. The fourth-order valence-electron chi connectivity index (χ4n) is 4.50. The number of nitrogens with one attached hydrogen (secondary N) is 2. The monoisotopic (exact) mass is 355 g/mol. The maximum Gasteiger partial charge on any atom is 0.251 e. The fraction of sp³-hybridized carbons (Fsp3) is 0.571. The van der Waals surface area contributed by atoms with Gasteiger partial charge in [-0.05, 0) is 49.1 Å². The summed E-state index contributed by atoms with van der Waals surface area (Å²) >= 11 is 0. The number of fused-ring (bicyclic) bond motifs is 2. The number of hydrogen-bond acceptors (Lipinski definition) is 3. The molecule has 26 heavy (non-hydrogen) atoms. The van der Waals surface area contributed by atoms with Crippen molar-refractivity contribution < 1.29 is 9.59 Å². The molecule has 2 N–H and O–H groups in total. The number of carbonyl (C=O) groups is 2. The van der Waals surface area contributed by atoms with Gasteiger partial charge in [0.2, 0.25) is 5.91 Å². The van der Waals surface area contributed by atoms with E-state index in [4.69, 9.17) is 0 Å². The Morgan fingerprint density at radius 2 is 1.96 bits per heavy atom. The Hall–Kier alpha value is -2.17. The molecular formula is C21H29N3O2. The summed E-state index contributed by atoms with van der Waals surface area (Å²) in [6.07, 6.45) is 3.60. The van der Waals surface area contributed by atoms with E-state index in [2.05, 4.69) is 36.6 Å². The van der Waals surface area contributed by atoms with E-state index >= 15 is 0 Å². The van der Waals surface area contributed by atoms with Gasteiger partial charge in [0.15, 0.2) is 0 Å². The molecule has 2 saturated carbocycles. The van der Waals surface area contributed by atoms with E-state index in [0.29, 0.717) is 18.0 Å². The van der Waals surface area contributed by atoms with Crippen molar-refractivity contribution in [2.45, 2.75) is 53.4 Å². The number of aryl methyl sites for hydroxylation is 1. The van der Waals surface area contributed by atoms with Gasteiger partial charge in [-0.3, -0.25) is 9.59 Å². The first-order chi connectivity index (χ1) is 12.3. The lowest BCUT2D eigenvalue weighted by Crippen LogP contribution is -2.34. The first kappa shape index (κ1) is 18.6. The molecule has 2 aliphatic carbocycles. The Morgan fingerprint density at radius 1 is 1.23 bits per heavy atom. The molecule has 5 heteroatoms. The zero-order valence-electron chi connectivity index (χ0n) is 16.2. The van der Waals surface area contributed by atoms with Gasteiger partial charge >= 0.3 is 0 Å². The molecule has 0 heterocycles. The van der Waals surface area contributed by atoms with Crippen molar-refractivity contribution in [2.24, 2.45) is 21.8 Å². The SMILES string of the molecule is Cc1ccccc1C(=O)NCCC(=O)N/N=C1/C[C@@H]2CC[C@@]1(C)C2(C)C. The average Bonchev–Trinajstić information content (AvgIpc) is 2.93. The molecule has 0 aromatic heterocycles. The van der Waals surface area contributed by atoms with Crippen LogP contribution in [0.2, 0.25) is 0 Å². The van der Waals surface area contributed by atoms with Crippen LogP contribution >= 0.6 is 0 Å². The average molecular weight is 355 g/mol. The quantitative estimate of drug-likeness (QED) is 0.794. The molecule has 2 fully saturated rings. The number of carbonyl (C=O) groups excluding carboxylic acids is 2. The van der Waals surface area contributed by atoms with Crippen LogP contribution in [-0.2, 0) is 4.79 Å². The first-order valence-corrected chi connectivity index (χ1v) is 9.45. The summed E-state index contributed by atoms with van der Waals surface area (Å²) in [6, 6.07) is 7.42. The van der Waals surface area contributed by atoms with Crippen molar-refractivity contribution in [2.75, 3.05) is 6.54 Å². The molecule has 0 radical (unpaired) electrons. The standard InChI is InChI=1S/C21H29N3O2/c1-14-7-5-6-8-16(14)19(26)22-12-10-18(25)24-23-17-13-15-9-11-21(17,4)20(15,2)3/h5-8,15H,9-13H2,1-4H3,(H,22,26)(H,24,25)/b23-17-/t15-,21+/m0/s1. The molecule has 2 amide bonds. The maximum absolute atomic E-state index is 12.1. The number of rotatable bonds is 5. The van der Waals surface area contributed by atoms with E-state index in [1.165, 1.54) is 6.42 Å². The molecule has 1 aromatic carbocycles. The third-order valence-electron chi connectivity index (χ3n) is 6.86. The molecule has 2 atom stereocenters. The van der Waals surface area contributed by atoms with Gasteiger partial charge in [-0.15, -0.1) is 0 Å². The van der Waals surface area contributed by atoms with Crippen LogP contribution in [0.5, 0.6) is 0 Å². The number of amides is 2. The Balaban J connectivity index is 1.48. The van der Waals surface area contributed by atoms with Crippen molar-refractivity contribution >= 4 is 17.5 Å². The van der Waals surface area contributed by atoms with E-state index < -0.39 is 0 Å². The summed E-state index contributed by atoms with van der Waals surface area (Å²) in [6.45, 7) is 9.10. The lowest BCUT2D eigenvalue weighted by Gasteiger charge is -2.34. The normalized spacial score (nSPS) is 27.5. The minimum absolute atomic E-state index is 0.0873. The van der Waals surface area contributed by atoms with Gasteiger partial charge in [0.05, 0.1) is 0 Å². The van der Waals surface area contributed by atoms with Crippen LogP contribution in [0.4, 0.5) is 0 Å². The highest BCUT2D eigenvalue weighted by molar-refractivity contribution is 5.96. The Bertz CT molecular complexity index is 753. The lowest BCUT2D eigenvalue weighted by atomic mass is 9.70. The van der Waals surface area contributed by atoms with Crippen molar-refractivity contribution in [1.82, 2.24) is 10.7 Å². The van der Waals surface area contributed by atoms with E-state index in [9.17, 15) is 9.59 Å². The van der Waals surface area contributed by atoms with E-state index in [1.54, 1.807) is 6.07 Å². The second kappa shape index (κ2) is 6.86. The van der Waals surface area contributed by atoms with Gasteiger partial charge in [0.25, 0.3) is 5.91 Å². The minimum Gasteiger partial charge on any atom is -0.352 e. The zero-order valence-corrected chi connectivity index (χ0v) is 16.2. The fourth-order valence-corrected chi connectivity index (χ4v) is 4.50. The molecule has 0 saturated heterocycles. The van der Waals surface area contributed by atoms with Crippen LogP contribution in [-0.4, -0.2) is 24.1 Å². The molecule has 0 unspecified atom stereocenters. The van der Waals surface area contributed by atoms with Crippen LogP contribution in [0.25, 0.3) is 0 Å². The summed E-state index contributed by atoms with van der Waals surface area (Å²) in [5, 5.41) is 7.25. The molecule has 2 bridgehead atoms. The smallest absolute Gasteiger partial charge is 0.251 e. The van der Waals surface area contributed by atoms with Gasteiger partial charge in [0.1, 0.15) is 0 Å². The Kier molecular flexibility index (Phi) is 4.91. The minimum atomic E-state index is -0.160. The van der Waals surface area contributed by atoms with E-state index in [0.717, 1.165) is 24.1 Å². The van der Waals surface area contributed by atoms with Crippen molar-refractivity contribution in [3.05, 3.63) is 35.4 Å². The van der Waals surface area contributed by atoms with E-state index in [-0.39, 0.29) is 29.1 Å². The topological polar surface area (TPSA) is 70.6 Å². The molecule has 0 aliphatic heterocycles. The third-order valence-corrected chi connectivity index (χ3v) is 6.86. The van der Waals surface area contributed by atoms with Crippen LogP contribution < -0.4 is 10.7 Å². The number of hydrogen-bond donors (Lipinski definition) is 2. The largest absolute Gasteiger partial charge is 0.352 e. The van der Waals surface area contributed by atoms with Crippen LogP contribution in [0.1, 0.15) is 62.4 Å². The van der Waals surface area contributed by atoms with Gasteiger partial charge in [-0.2, -0.15) is 5.10 Å². The molecule has 3 rings (SSSR count). The van der Waals surface area contributed by atoms with Crippen molar-refractivity contribution in [3.8, 4) is 0 Å². The first-order valence-electron chi connectivity index (χ1n) is 9.45. The zero-order chi connectivity index (χ0) is 18.9. The summed E-state index contributed by atoms with van der Waals surface area (Å²) in [5.41, 5.74) is 5.72. The number of nitrogens with zero attached hydrogens (tertiary/aromatic N) is 1. The van der Waals surface area contributed by atoms with E-state index in [1.807, 2.05) is 25.1 Å². The third kappa shape index (κ3) is 3.15. The summed E-state index contributed by atoms with van der Waals surface area (Å²) in [5.74, 6) is 0.355. The summed E-state index contributed by atoms with van der Waals surface area (Å²) < 4.78 is 0. The summed E-state index contributed by atoms with van der Waals surface area (Å²) in [7, 11) is 0. The molecular weight excluding hydrogens is 326 g/mol. The molecule has 2 aliphatic rings. The Labute approximate surface area is 155 Å². The van der Waals surface area contributed by atoms with Crippen LogP contribution in [0.15, 0.2) is 29.4 Å². The van der Waals surface area contributed by atoms with Crippen molar-refractivity contribution in [1.29, 1.82) is 0 Å². The highest BCUT2D eigenvalue weighted by atomic mass is 16.2. The van der Waals surface area contributed by atoms with Crippen LogP contribution in [0.3, 0.4) is 0 Å². The molecule has 140 valence electrons. The van der Waals surface area contributed by atoms with Gasteiger partial charge in [-0.1, -0.05) is 39.0 Å². The Morgan fingerprint density at radius 3 is 2.58 bits per heavy atom. The van der Waals surface area contributed by atoms with Crippen molar-refractivity contribution in [3.63, 3.8) is 0 Å². The number of hydrazone groups is 1. The van der Waals surface area contributed by atoms with Gasteiger partial charge in [-0.25, -0.2) is 5.43 Å². The highest BCUT2D eigenvalue weighted by Crippen LogP contribution is 2.63. The van der Waals surface area contributed by atoms with Gasteiger partial charge in [0, 0.05) is 29.7 Å². The van der Waals surface area contributed by atoms with Gasteiger partial charge < -0.3 is 5.32 Å². The highest BCUT2D eigenvalue weighted by Gasteiger charge is 2.59. The lowest BCUT2D eigenvalue weighted by molar-refractivity contribution is -0.120. The molecule has 1 aromatic rings. The predicted octanol–water partition coefficient (Wildman–Crippen LogP) is 3.43. The predicted molar refractivity (Wildman–Crippen MR) is 103 cm³/mol. The maximum atomic E-state index is 12.1. The number of benzene rings is 1. The van der Waals surface area contributed by atoms with Crippen LogP contribution in [0, 0.1) is 23.7 Å². The second-order valence-electron chi connectivity index (χ2n) is 8.41. The summed E-state index contributed by atoms with van der Waals surface area (Å²) in [4.78, 5) is 24.2. The molecule has 0 spiro atoms. The second-order valence-corrected chi connectivity index (χ2v) is 8.41.